The fourth-order valence-electron chi connectivity index (χ4n) is 7.54. The Bertz CT molecular complexity index is 2870. The molecule has 27 nitrogen and oxygen atoms in total. The van der Waals surface area contributed by atoms with E-state index in [1.54, 1.807) is 18.5 Å². The summed E-state index contributed by atoms with van der Waals surface area (Å²) in [6.07, 6.45) is 3.48. The van der Waals surface area contributed by atoms with Crippen LogP contribution >= 0.6 is 22.7 Å². The number of nitrogens with one attached hydrogen (secondary N) is 12. The number of anilines is 2. The van der Waals surface area contributed by atoms with E-state index in [4.69, 9.17) is 0 Å². The maximum atomic E-state index is 14.0. The second-order valence-corrected chi connectivity index (χ2v) is 21.1. The maximum Gasteiger partial charge on any atom is 0.243 e. The zero-order chi connectivity index (χ0) is 58.6. The molecule has 432 valence electrons. The molecule has 1 aliphatic rings. The van der Waals surface area contributed by atoms with Gasteiger partial charge in [0.2, 0.25) is 59.1 Å². The number of aliphatic hydroxyl groups excluding tert-OH is 1. The van der Waals surface area contributed by atoms with E-state index >= 15 is 0 Å². The Morgan fingerprint density at radius 3 is 1.95 bits per heavy atom. The molecule has 2 aromatic heterocycles. The fourth-order valence-corrected chi connectivity index (χ4v) is 9.07. The predicted molar refractivity (Wildman–Crippen MR) is 294 cm³/mol. The van der Waals surface area contributed by atoms with Crippen molar-refractivity contribution in [2.75, 3.05) is 36.8 Å². The molecule has 0 saturated heterocycles. The topological polar surface area (TPSA) is 402 Å². The van der Waals surface area contributed by atoms with Crippen molar-refractivity contribution in [2.24, 2.45) is 0 Å². The number of benzene rings is 2. The molecule has 10 amide bonds. The van der Waals surface area contributed by atoms with Crippen molar-refractivity contribution in [3.63, 3.8) is 0 Å². The van der Waals surface area contributed by atoms with Crippen LogP contribution in [0.5, 0.6) is 11.5 Å². The standard InChI is InChI=1S/C51H68N14O13S2/c1-25(42(71)52-14-7-15-53-50-56-21-36(24-66)80-50)59-44(73)27(3)61-46(75)29(5)63-49(78)38(17-31-8-11-34(67)12-9-31)64-41(70)22-54-48(77)37-18-32-10-13-39(68)33(16-32)19-35-20-55-51(79-35)57-23-40(69)58-26(2)43(72)60-28(4)45(74)62-30(6)47(76)65-37/h8-13,16,20-21,25-30,37-38,66-68H,7,14-15,17-19,22-24H2,1-6H3,(H,52,71)(H,53,56)(H,54,77)(H,55,57)(H,58,69)(H,59,73)(H,60,72)(H,61,75)(H,62,74)(H,63,78)(H,64,70)(H,65,76)/t25-,26-,27-,28-,29-,30-,37?,38-/m0/s1. The van der Waals surface area contributed by atoms with Crippen molar-refractivity contribution in [1.29, 1.82) is 0 Å². The minimum Gasteiger partial charge on any atom is -0.508 e. The Balaban J connectivity index is 1.22. The van der Waals surface area contributed by atoms with Gasteiger partial charge in [0.05, 0.1) is 24.6 Å². The minimum atomic E-state index is -1.40. The number of carbonyl (C=O) groups excluding carboxylic acids is 10. The third-order valence-corrected chi connectivity index (χ3v) is 14.1. The quantitative estimate of drug-likeness (QED) is 0.0453. The average Bonchev–Trinajstić information content (AvgIpc) is 4.09. The Hall–Kier alpha value is -8.44. The summed E-state index contributed by atoms with van der Waals surface area (Å²) in [7, 11) is 0. The monoisotopic (exact) mass is 1150 g/mol. The van der Waals surface area contributed by atoms with Crippen LogP contribution in [0.2, 0.25) is 0 Å². The molecule has 5 rings (SSSR count). The van der Waals surface area contributed by atoms with Gasteiger partial charge in [-0.05, 0) is 82.9 Å². The van der Waals surface area contributed by atoms with Crippen molar-refractivity contribution < 1.29 is 63.3 Å². The van der Waals surface area contributed by atoms with Crippen molar-refractivity contribution in [1.82, 2.24) is 63.1 Å². The van der Waals surface area contributed by atoms with Crippen LogP contribution in [0.15, 0.2) is 54.9 Å². The molecule has 0 spiro atoms. The number of rotatable bonds is 19. The van der Waals surface area contributed by atoms with Crippen LogP contribution in [-0.2, 0) is 73.8 Å². The molecule has 0 fully saturated rings. The first-order chi connectivity index (χ1) is 38.0. The van der Waals surface area contributed by atoms with Gasteiger partial charge in [0.1, 0.15) is 59.8 Å². The molecule has 1 aliphatic heterocycles. The number of nitrogens with zero attached hydrogens (tertiary/aromatic N) is 2. The van der Waals surface area contributed by atoms with Gasteiger partial charge in [-0.15, -0.1) is 11.3 Å². The normalized spacial score (nSPS) is 18.6. The van der Waals surface area contributed by atoms with Gasteiger partial charge in [-0.25, -0.2) is 9.97 Å². The lowest BCUT2D eigenvalue weighted by Gasteiger charge is -2.24. The lowest BCUT2D eigenvalue weighted by molar-refractivity contribution is -0.134. The number of phenolic OH excluding ortho intramolecular Hbond substituents is 2. The Morgan fingerprint density at radius 2 is 1.31 bits per heavy atom. The molecule has 80 heavy (non-hydrogen) atoms. The van der Waals surface area contributed by atoms with E-state index in [-0.39, 0.29) is 50.5 Å². The Morgan fingerprint density at radius 1 is 0.700 bits per heavy atom. The Kier molecular flexibility index (Phi) is 23.5. The van der Waals surface area contributed by atoms with Crippen LogP contribution in [0.25, 0.3) is 0 Å². The molecule has 0 saturated carbocycles. The van der Waals surface area contributed by atoms with E-state index in [0.29, 0.717) is 49.7 Å². The number of aromatic nitrogens is 2. The first-order valence-corrected chi connectivity index (χ1v) is 27.1. The van der Waals surface area contributed by atoms with Gasteiger partial charge >= 0.3 is 0 Å². The second-order valence-electron chi connectivity index (χ2n) is 18.9. The highest BCUT2D eigenvalue weighted by atomic mass is 32.1. The van der Waals surface area contributed by atoms with Crippen LogP contribution in [0.3, 0.4) is 0 Å². The molecule has 0 aliphatic carbocycles. The molecule has 3 heterocycles. The molecule has 1 unspecified atom stereocenters. The summed E-state index contributed by atoms with van der Waals surface area (Å²) >= 11 is 2.51. The Labute approximate surface area is 468 Å². The SMILES string of the molecule is C[C@@H]1NC(=O)CNc2ncc(s2)Cc2cc(ccc2O)CC(C(=O)NCC(=O)N[C@@H](Cc2ccc(O)cc2)C(=O)N[C@@H](C)C(=O)N[C@@H](C)C(=O)N[C@@H](C)C(=O)NCCCNc2ncc(CO)s2)NC(=O)[C@H](C)NC(=O)[C@H](C)NC1=O. The van der Waals surface area contributed by atoms with Crippen molar-refractivity contribution in [2.45, 2.75) is 122 Å². The van der Waals surface area contributed by atoms with Crippen LogP contribution in [0.4, 0.5) is 10.3 Å². The highest BCUT2D eigenvalue weighted by Gasteiger charge is 2.31. The van der Waals surface area contributed by atoms with E-state index in [0.717, 1.165) is 0 Å². The number of fused-ring (bicyclic) bond motifs is 4. The van der Waals surface area contributed by atoms with Gasteiger partial charge in [0.25, 0.3) is 0 Å². The molecular formula is C51H68N14O13S2. The average molecular weight is 1150 g/mol. The summed E-state index contributed by atoms with van der Waals surface area (Å²) in [5, 5.41) is 62.3. The van der Waals surface area contributed by atoms with Crippen LogP contribution in [0, 0.1) is 0 Å². The summed E-state index contributed by atoms with van der Waals surface area (Å²) in [6.45, 7) is 8.03. The van der Waals surface area contributed by atoms with Gasteiger partial charge < -0.3 is 79.1 Å². The van der Waals surface area contributed by atoms with Crippen molar-refractivity contribution in [3.8, 4) is 11.5 Å². The number of carbonyl (C=O) groups is 10. The molecule has 2 aromatic carbocycles. The third-order valence-electron chi connectivity index (χ3n) is 12.2. The van der Waals surface area contributed by atoms with Crippen LogP contribution < -0.4 is 63.8 Å². The predicted octanol–water partition coefficient (Wildman–Crippen LogP) is -1.96. The van der Waals surface area contributed by atoms with E-state index < -0.39 is 114 Å². The van der Waals surface area contributed by atoms with Crippen molar-refractivity contribution in [3.05, 3.63) is 81.3 Å². The van der Waals surface area contributed by atoms with Gasteiger partial charge in [-0.2, -0.15) is 0 Å². The number of hydrogen-bond donors (Lipinski definition) is 15. The summed E-state index contributed by atoms with van der Waals surface area (Å²) < 4.78 is 0. The minimum absolute atomic E-state index is 0.0699. The zero-order valence-electron chi connectivity index (χ0n) is 44.8. The molecule has 8 atom stereocenters. The largest absolute Gasteiger partial charge is 0.508 e. The van der Waals surface area contributed by atoms with E-state index in [1.807, 2.05) is 0 Å². The molecule has 4 aromatic rings. The lowest BCUT2D eigenvalue weighted by atomic mass is 10.00. The summed E-state index contributed by atoms with van der Waals surface area (Å²) in [4.78, 5) is 143. The first-order valence-electron chi connectivity index (χ1n) is 25.5. The number of amides is 10. The number of phenols is 2. The van der Waals surface area contributed by atoms with E-state index in [2.05, 4.69) is 73.8 Å². The number of thiazole rings is 2. The van der Waals surface area contributed by atoms with Gasteiger partial charge in [0.15, 0.2) is 10.3 Å². The summed E-state index contributed by atoms with van der Waals surface area (Å²) in [6, 6.07) is 0.636. The third kappa shape index (κ3) is 19.8. The number of aliphatic hydroxyl groups is 1. The molecule has 0 radical (unpaired) electrons. The van der Waals surface area contributed by atoms with Gasteiger partial charge in [-0.1, -0.05) is 35.6 Å². The zero-order valence-corrected chi connectivity index (χ0v) is 46.4. The summed E-state index contributed by atoms with van der Waals surface area (Å²) in [5.41, 5.74) is 1.37. The lowest BCUT2D eigenvalue weighted by Crippen LogP contribution is -2.58. The number of aromatic hydroxyl groups is 2. The molecule has 15 N–H and O–H groups in total. The summed E-state index contributed by atoms with van der Waals surface area (Å²) in [5.74, 6) is -7.47. The van der Waals surface area contributed by atoms with Crippen LogP contribution in [0.1, 0.15) is 74.4 Å². The van der Waals surface area contributed by atoms with Gasteiger partial charge in [0, 0.05) is 49.6 Å². The van der Waals surface area contributed by atoms with Crippen LogP contribution in [-0.4, -0.2) is 159 Å². The van der Waals surface area contributed by atoms with Crippen molar-refractivity contribution >= 4 is 92.0 Å². The van der Waals surface area contributed by atoms with E-state index in [1.165, 1.54) is 101 Å². The number of hydrogen-bond acceptors (Lipinski definition) is 19. The molecule has 29 heteroatoms. The second kappa shape index (κ2) is 30.1. The molecular weight excluding hydrogens is 1080 g/mol. The van der Waals surface area contributed by atoms with Gasteiger partial charge in [-0.3, -0.25) is 47.9 Å². The first kappa shape index (κ1) is 62.4. The van der Waals surface area contributed by atoms with E-state index in [9.17, 15) is 63.3 Å². The highest BCUT2D eigenvalue weighted by Crippen LogP contribution is 2.27. The molecule has 4 bridgehead atoms. The fraction of sp³-hybridized carbons (Fsp3) is 0.451. The smallest absolute Gasteiger partial charge is 0.243 e. The maximum absolute atomic E-state index is 14.0. The highest BCUT2D eigenvalue weighted by molar-refractivity contribution is 7.15.